The van der Waals surface area contributed by atoms with Crippen molar-refractivity contribution in [2.24, 2.45) is 5.92 Å². The lowest BCUT2D eigenvalue weighted by atomic mass is 9.97. The van der Waals surface area contributed by atoms with Gasteiger partial charge in [-0.2, -0.15) is 5.10 Å². The van der Waals surface area contributed by atoms with Gasteiger partial charge in [-0.1, -0.05) is 0 Å². The van der Waals surface area contributed by atoms with E-state index in [2.05, 4.69) is 20.0 Å². The van der Waals surface area contributed by atoms with Crippen LogP contribution in [0.3, 0.4) is 0 Å². The summed E-state index contributed by atoms with van der Waals surface area (Å²) >= 11 is 0. The van der Waals surface area contributed by atoms with Crippen LogP contribution in [0.15, 0.2) is 24.7 Å². The van der Waals surface area contributed by atoms with Crippen LogP contribution in [0.1, 0.15) is 24.2 Å². The average Bonchev–Trinajstić information content (AvgIpc) is 2.95. The number of hydrogen-bond acceptors (Lipinski definition) is 4. The molecule has 0 atom stereocenters. The van der Waals surface area contributed by atoms with Gasteiger partial charge in [-0.05, 0) is 38.7 Å². The molecule has 0 aliphatic carbocycles. The predicted molar refractivity (Wildman–Crippen MR) is 78.7 cm³/mol. The quantitative estimate of drug-likeness (QED) is 0.858. The van der Waals surface area contributed by atoms with Crippen molar-refractivity contribution in [3.05, 3.63) is 36.0 Å². The van der Waals surface area contributed by atoms with Crippen LogP contribution in [-0.4, -0.2) is 32.8 Å². The Kier molecular flexibility index (Phi) is 3.67. The van der Waals surface area contributed by atoms with Crippen LogP contribution < -0.4 is 4.90 Å². The Bertz CT molecular complexity index is 556. The van der Waals surface area contributed by atoms with Gasteiger partial charge in [-0.3, -0.25) is 9.67 Å². The highest BCUT2D eigenvalue weighted by atomic mass is 15.3. The van der Waals surface area contributed by atoms with Crippen molar-refractivity contribution in [1.82, 2.24) is 19.7 Å². The van der Waals surface area contributed by atoms with Crippen molar-refractivity contribution < 1.29 is 0 Å². The molecule has 20 heavy (non-hydrogen) atoms. The van der Waals surface area contributed by atoms with E-state index in [1.165, 1.54) is 12.8 Å². The van der Waals surface area contributed by atoms with Gasteiger partial charge in [0, 0.05) is 38.2 Å². The first-order valence-corrected chi connectivity index (χ1v) is 7.25. The summed E-state index contributed by atoms with van der Waals surface area (Å²) in [7, 11) is 0. The number of nitrogens with zero attached hydrogens (tertiary/aromatic N) is 5. The number of aromatic nitrogens is 4. The van der Waals surface area contributed by atoms with Gasteiger partial charge in [-0.25, -0.2) is 4.98 Å². The lowest BCUT2D eigenvalue weighted by Crippen LogP contribution is -2.36. The Morgan fingerprint density at radius 3 is 2.75 bits per heavy atom. The molecule has 1 aliphatic heterocycles. The van der Waals surface area contributed by atoms with Crippen LogP contribution in [0.25, 0.3) is 0 Å². The second kappa shape index (κ2) is 5.61. The van der Waals surface area contributed by atoms with Gasteiger partial charge in [0.05, 0.1) is 11.4 Å². The first kappa shape index (κ1) is 13.1. The van der Waals surface area contributed by atoms with Crippen LogP contribution in [-0.2, 0) is 6.54 Å². The lowest BCUT2D eigenvalue weighted by molar-refractivity contribution is 0.341. The molecule has 3 rings (SSSR count). The van der Waals surface area contributed by atoms with E-state index in [-0.39, 0.29) is 0 Å². The van der Waals surface area contributed by atoms with Crippen LogP contribution in [0, 0.1) is 19.8 Å². The Morgan fingerprint density at radius 1 is 1.25 bits per heavy atom. The molecule has 0 unspecified atom stereocenters. The molecule has 0 N–H and O–H groups in total. The number of piperidine rings is 1. The minimum absolute atomic E-state index is 0.712. The zero-order valence-electron chi connectivity index (χ0n) is 12.2. The number of rotatable bonds is 3. The molecular weight excluding hydrogens is 250 g/mol. The normalized spacial score (nSPS) is 16.6. The maximum absolute atomic E-state index is 4.64. The third-order valence-electron chi connectivity index (χ3n) is 3.97. The highest BCUT2D eigenvalue weighted by Gasteiger charge is 2.22. The Balaban J connectivity index is 1.62. The molecule has 0 radical (unpaired) electrons. The average molecular weight is 271 g/mol. The summed E-state index contributed by atoms with van der Waals surface area (Å²) in [4.78, 5) is 11.4. The summed E-state index contributed by atoms with van der Waals surface area (Å²) in [6.45, 7) is 7.19. The molecule has 106 valence electrons. The number of aryl methyl sites for hydroxylation is 2. The molecular formula is C15H21N5. The Morgan fingerprint density at radius 2 is 2.05 bits per heavy atom. The minimum Gasteiger partial charge on any atom is -0.355 e. The predicted octanol–water partition coefficient (Wildman–Crippen LogP) is 2.21. The molecule has 5 nitrogen and oxygen atoms in total. The minimum atomic E-state index is 0.712. The van der Waals surface area contributed by atoms with Crippen molar-refractivity contribution >= 4 is 5.82 Å². The summed E-state index contributed by atoms with van der Waals surface area (Å²) in [5.41, 5.74) is 2.02. The molecule has 0 bridgehead atoms. The monoisotopic (exact) mass is 271 g/mol. The number of hydrogen-bond donors (Lipinski definition) is 0. The molecule has 1 aliphatic rings. The van der Waals surface area contributed by atoms with Gasteiger partial charge < -0.3 is 4.90 Å². The molecule has 0 spiro atoms. The van der Waals surface area contributed by atoms with Crippen LogP contribution in [0.4, 0.5) is 5.82 Å². The molecule has 0 saturated carbocycles. The molecule has 5 heteroatoms. The summed E-state index contributed by atoms with van der Waals surface area (Å²) in [6.07, 6.45) is 8.11. The largest absolute Gasteiger partial charge is 0.355 e. The van der Waals surface area contributed by atoms with Crippen molar-refractivity contribution in [2.75, 3.05) is 18.0 Å². The first-order chi connectivity index (χ1) is 9.72. The summed E-state index contributed by atoms with van der Waals surface area (Å²) < 4.78 is 2.04. The fraction of sp³-hybridized carbons (Fsp3) is 0.533. The molecule has 1 fully saturated rings. The summed E-state index contributed by atoms with van der Waals surface area (Å²) in [6, 6.07) is 1.99. The fourth-order valence-corrected chi connectivity index (χ4v) is 2.82. The maximum atomic E-state index is 4.64. The zero-order valence-corrected chi connectivity index (χ0v) is 12.2. The second-order valence-corrected chi connectivity index (χ2v) is 5.58. The van der Waals surface area contributed by atoms with E-state index >= 15 is 0 Å². The van der Waals surface area contributed by atoms with E-state index in [9.17, 15) is 0 Å². The molecule has 0 aromatic carbocycles. The maximum Gasteiger partial charge on any atom is 0.150 e. The highest BCUT2D eigenvalue weighted by molar-refractivity contribution is 5.43. The highest BCUT2D eigenvalue weighted by Crippen LogP contribution is 2.24. The molecule has 0 amide bonds. The van der Waals surface area contributed by atoms with E-state index in [1.54, 1.807) is 0 Å². The first-order valence-electron chi connectivity index (χ1n) is 7.25. The van der Waals surface area contributed by atoms with Gasteiger partial charge in [0.25, 0.3) is 0 Å². The van der Waals surface area contributed by atoms with Crippen LogP contribution in [0.2, 0.25) is 0 Å². The van der Waals surface area contributed by atoms with Gasteiger partial charge in [0.2, 0.25) is 0 Å². The van der Waals surface area contributed by atoms with Gasteiger partial charge in [0.1, 0.15) is 5.82 Å². The number of anilines is 1. The van der Waals surface area contributed by atoms with Crippen molar-refractivity contribution in [2.45, 2.75) is 33.2 Å². The van der Waals surface area contributed by atoms with E-state index in [1.807, 2.05) is 43.2 Å². The van der Waals surface area contributed by atoms with Crippen molar-refractivity contribution in [3.63, 3.8) is 0 Å². The standard InChI is InChI=1S/C15H21N5/c1-12-10-16-13(2)15(18-12)19-8-4-14(5-9-19)11-20-7-3-6-17-20/h3,6-7,10,14H,4-5,8-9,11H2,1-2H3. The van der Waals surface area contributed by atoms with E-state index in [0.29, 0.717) is 5.92 Å². The topological polar surface area (TPSA) is 46.8 Å². The van der Waals surface area contributed by atoms with E-state index < -0.39 is 0 Å². The molecule has 3 heterocycles. The zero-order chi connectivity index (χ0) is 13.9. The Hall–Kier alpha value is -1.91. The molecule has 2 aromatic rings. The van der Waals surface area contributed by atoms with Gasteiger partial charge >= 0.3 is 0 Å². The Labute approximate surface area is 119 Å². The van der Waals surface area contributed by atoms with Gasteiger partial charge in [0.15, 0.2) is 0 Å². The third-order valence-corrected chi connectivity index (χ3v) is 3.97. The van der Waals surface area contributed by atoms with Crippen LogP contribution >= 0.6 is 0 Å². The third kappa shape index (κ3) is 2.81. The van der Waals surface area contributed by atoms with Gasteiger partial charge in [-0.15, -0.1) is 0 Å². The van der Waals surface area contributed by atoms with Crippen LogP contribution in [0.5, 0.6) is 0 Å². The molecule has 1 saturated heterocycles. The summed E-state index contributed by atoms with van der Waals surface area (Å²) in [5.74, 6) is 1.77. The molecule has 2 aromatic heterocycles. The lowest BCUT2D eigenvalue weighted by Gasteiger charge is -2.33. The smallest absolute Gasteiger partial charge is 0.150 e. The van der Waals surface area contributed by atoms with Crippen molar-refractivity contribution in [3.8, 4) is 0 Å². The second-order valence-electron chi connectivity index (χ2n) is 5.58. The van der Waals surface area contributed by atoms with E-state index in [4.69, 9.17) is 0 Å². The van der Waals surface area contributed by atoms with E-state index in [0.717, 1.165) is 36.8 Å². The summed E-state index contributed by atoms with van der Waals surface area (Å²) in [5, 5.41) is 4.29. The SMILES string of the molecule is Cc1cnc(C)c(N2CCC(Cn3cccn3)CC2)n1. The fourth-order valence-electron chi connectivity index (χ4n) is 2.82. The van der Waals surface area contributed by atoms with Crippen molar-refractivity contribution in [1.29, 1.82) is 0 Å².